The molecule has 140 valence electrons. The third-order valence-corrected chi connectivity index (χ3v) is 5.92. The molecule has 0 spiro atoms. The molecule has 2 aliphatic heterocycles. The van der Waals surface area contributed by atoms with Crippen molar-refractivity contribution in [2.24, 2.45) is 0 Å². The molecular formula is C18H22N2O5S. The quantitative estimate of drug-likeness (QED) is 0.806. The van der Waals surface area contributed by atoms with Crippen LogP contribution in [0.4, 0.5) is 4.79 Å². The molecule has 3 atom stereocenters. The van der Waals surface area contributed by atoms with Crippen LogP contribution in [0.2, 0.25) is 0 Å². The number of methoxy groups -OCH3 is 1. The molecule has 0 saturated carbocycles. The highest BCUT2D eigenvalue weighted by Crippen LogP contribution is 2.36. The van der Waals surface area contributed by atoms with E-state index in [9.17, 15) is 14.4 Å². The molecule has 0 bridgehead atoms. The standard InChI is InChI=1S/C18H22N2O5S/c1-24-17(22)14-11-26-15-9-5-8-13(16(21)20(14)15)19-18(23)25-10-12-6-3-2-4-7-12/h2-4,6-7,13-15H,5,8-11H2,1H3,(H,19,23). The van der Waals surface area contributed by atoms with Gasteiger partial charge in [-0.1, -0.05) is 30.3 Å². The maximum atomic E-state index is 12.9. The van der Waals surface area contributed by atoms with E-state index in [4.69, 9.17) is 9.47 Å². The topological polar surface area (TPSA) is 84.9 Å². The number of esters is 1. The Bertz CT molecular complexity index is 669. The van der Waals surface area contributed by atoms with Crippen LogP contribution in [-0.4, -0.2) is 53.2 Å². The molecule has 3 rings (SSSR count). The third kappa shape index (κ3) is 4.12. The number of hydrogen-bond acceptors (Lipinski definition) is 6. The first-order valence-electron chi connectivity index (χ1n) is 8.59. The number of fused-ring (bicyclic) bond motifs is 1. The largest absolute Gasteiger partial charge is 0.467 e. The van der Waals surface area contributed by atoms with E-state index in [2.05, 4.69) is 5.32 Å². The van der Waals surface area contributed by atoms with Gasteiger partial charge in [-0.3, -0.25) is 4.79 Å². The minimum absolute atomic E-state index is 0.0428. The van der Waals surface area contributed by atoms with Crippen LogP contribution in [0.25, 0.3) is 0 Å². The first-order chi connectivity index (χ1) is 12.6. The Morgan fingerprint density at radius 1 is 1.27 bits per heavy atom. The second kappa shape index (κ2) is 8.44. The molecule has 0 aliphatic carbocycles. The number of benzene rings is 1. The van der Waals surface area contributed by atoms with Gasteiger partial charge in [0.25, 0.3) is 0 Å². The fourth-order valence-corrected chi connectivity index (χ4v) is 4.69. The summed E-state index contributed by atoms with van der Waals surface area (Å²) < 4.78 is 10.0. The van der Waals surface area contributed by atoms with Gasteiger partial charge in [0, 0.05) is 5.75 Å². The predicted molar refractivity (Wildman–Crippen MR) is 96.3 cm³/mol. The number of nitrogens with one attached hydrogen (secondary N) is 1. The van der Waals surface area contributed by atoms with E-state index in [0.29, 0.717) is 12.2 Å². The van der Waals surface area contributed by atoms with Crippen molar-refractivity contribution in [2.75, 3.05) is 12.9 Å². The van der Waals surface area contributed by atoms with Gasteiger partial charge >= 0.3 is 12.1 Å². The van der Waals surface area contributed by atoms with E-state index in [-0.39, 0.29) is 17.9 Å². The molecule has 1 aromatic carbocycles. The fraction of sp³-hybridized carbons (Fsp3) is 0.500. The number of thioether (sulfide) groups is 1. The molecule has 3 unspecified atom stereocenters. The van der Waals surface area contributed by atoms with Crippen molar-refractivity contribution in [3.8, 4) is 0 Å². The van der Waals surface area contributed by atoms with Crippen LogP contribution in [0.15, 0.2) is 30.3 Å². The number of carbonyl (C=O) groups is 3. The molecule has 1 aromatic rings. The van der Waals surface area contributed by atoms with Gasteiger partial charge in [-0.05, 0) is 24.8 Å². The molecule has 2 fully saturated rings. The second-order valence-corrected chi connectivity index (χ2v) is 7.47. The average molecular weight is 378 g/mol. The van der Waals surface area contributed by atoms with E-state index >= 15 is 0 Å². The normalized spacial score (nSPS) is 25.2. The summed E-state index contributed by atoms with van der Waals surface area (Å²) in [5.74, 6) is -0.140. The van der Waals surface area contributed by atoms with E-state index < -0.39 is 24.1 Å². The second-order valence-electron chi connectivity index (χ2n) is 6.26. The Hall–Kier alpha value is -2.22. The van der Waals surface area contributed by atoms with Crippen molar-refractivity contribution >= 4 is 29.7 Å². The van der Waals surface area contributed by atoms with Gasteiger partial charge in [-0.2, -0.15) is 0 Å². The Kier molecular flexibility index (Phi) is 6.03. The number of alkyl carbamates (subject to hydrolysis) is 1. The maximum absolute atomic E-state index is 12.9. The number of carbonyl (C=O) groups excluding carboxylic acids is 3. The number of rotatable bonds is 4. The van der Waals surface area contributed by atoms with Crippen molar-refractivity contribution in [3.63, 3.8) is 0 Å². The monoisotopic (exact) mass is 378 g/mol. The number of nitrogens with zero attached hydrogens (tertiary/aromatic N) is 1. The van der Waals surface area contributed by atoms with Crippen LogP contribution in [0.3, 0.4) is 0 Å². The number of amides is 2. The molecule has 0 aromatic heterocycles. The van der Waals surface area contributed by atoms with Crippen LogP contribution in [-0.2, 0) is 25.7 Å². The van der Waals surface area contributed by atoms with Crippen molar-refractivity contribution < 1.29 is 23.9 Å². The molecule has 0 radical (unpaired) electrons. The lowest BCUT2D eigenvalue weighted by Gasteiger charge is -2.28. The Balaban J connectivity index is 1.61. The van der Waals surface area contributed by atoms with Crippen molar-refractivity contribution in [1.29, 1.82) is 0 Å². The summed E-state index contributed by atoms with van der Waals surface area (Å²) in [7, 11) is 1.32. The van der Waals surface area contributed by atoms with E-state index in [1.807, 2.05) is 30.3 Å². The highest BCUT2D eigenvalue weighted by atomic mass is 32.2. The van der Waals surface area contributed by atoms with E-state index in [1.165, 1.54) is 7.11 Å². The van der Waals surface area contributed by atoms with Gasteiger partial charge in [-0.25, -0.2) is 9.59 Å². The van der Waals surface area contributed by atoms with Gasteiger partial charge in [0.05, 0.1) is 12.5 Å². The Morgan fingerprint density at radius 2 is 2.04 bits per heavy atom. The summed E-state index contributed by atoms with van der Waals surface area (Å²) in [6.07, 6.45) is 1.48. The van der Waals surface area contributed by atoms with Gasteiger partial charge in [0.15, 0.2) is 0 Å². The van der Waals surface area contributed by atoms with Crippen molar-refractivity contribution in [2.45, 2.75) is 43.3 Å². The maximum Gasteiger partial charge on any atom is 0.408 e. The lowest BCUT2D eigenvalue weighted by Crippen LogP contribution is -2.53. The summed E-state index contributed by atoms with van der Waals surface area (Å²) in [6, 6.07) is 8.05. The summed E-state index contributed by atoms with van der Waals surface area (Å²) in [4.78, 5) is 38.6. The Morgan fingerprint density at radius 3 is 2.77 bits per heavy atom. The lowest BCUT2D eigenvalue weighted by molar-refractivity contribution is -0.152. The van der Waals surface area contributed by atoms with E-state index in [1.54, 1.807) is 16.7 Å². The molecule has 2 saturated heterocycles. The molecule has 2 heterocycles. The lowest BCUT2D eigenvalue weighted by atomic mass is 10.1. The average Bonchev–Trinajstić information content (AvgIpc) is 3.02. The van der Waals surface area contributed by atoms with Crippen LogP contribution in [0, 0.1) is 0 Å². The summed E-state index contributed by atoms with van der Waals surface area (Å²) in [5, 5.41) is 2.61. The molecule has 1 N–H and O–H groups in total. The van der Waals surface area contributed by atoms with Crippen LogP contribution in [0.5, 0.6) is 0 Å². The van der Waals surface area contributed by atoms with Crippen LogP contribution < -0.4 is 5.32 Å². The molecule has 7 nitrogen and oxygen atoms in total. The SMILES string of the molecule is COC(=O)C1CSC2CCCC(NC(=O)OCc3ccccc3)C(=O)N21. The minimum Gasteiger partial charge on any atom is -0.467 e. The molecule has 8 heteroatoms. The van der Waals surface area contributed by atoms with Crippen molar-refractivity contribution in [1.82, 2.24) is 10.2 Å². The van der Waals surface area contributed by atoms with E-state index in [0.717, 1.165) is 18.4 Å². The minimum atomic E-state index is -0.686. The predicted octanol–water partition coefficient (Wildman–Crippen LogP) is 1.91. The Labute approximate surface area is 156 Å². The summed E-state index contributed by atoms with van der Waals surface area (Å²) in [6.45, 7) is 0.139. The number of hydrogen-bond donors (Lipinski definition) is 1. The smallest absolute Gasteiger partial charge is 0.408 e. The first kappa shape index (κ1) is 18.6. The number of ether oxygens (including phenoxy) is 2. The van der Waals surface area contributed by atoms with Crippen molar-refractivity contribution in [3.05, 3.63) is 35.9 Å². The van der Waals surface area contributed by atoms with Gasteiger partial charge in [0.1, 0.15) is 18.7 Å². The zero-order chi connectivity index (χ0) is 18.5. The molecular weight excluding hydrogens is 356 g/mol. The zero-order valence-corrected chi connectivity index (χ0v) is 15.4. The third-order valence-electron chi connectivity index (χ3n) is 4.57. The van der Waals surface area contributed by atoms with Gasteiger partial charge in [0.2, 0.25) is 5.91 Å². The molecule has 2 amide bonds. The zero-order valence-electron chi connectivity index (χ0n) is 14.6. The molecule has 26 heavy (non-hydrogen) atoms. The first-order valence-corrected chi connectivity index (χ1v) is 9.64. The summed E-state index contributed by atoms with van der Waals surface area (Å²) in [5.41, 5.74) is 0.872. The van der Waals surface area contributed by atoms with Crippen LogP contribution in [0.1, 0.15) is 24.8 Å². The highest BCUT2D eigenvalue weighted by molar-refractivity contribution is 8.00. The fourth-order valence-electron chi connectivity index (χ4n) is 3.24. The highest BCUT2D eigenvalue weighted by Gasteiger charge is 2.45. The van der Waals surface area contributed by atoms with Gasteiger partial charge < -0.3 is 19.7 Å². The van der Waals surface area contributed by atoms with Gasteiger partial charge in [-0.15, -0.1) is 11.8 Å². The summed E-state index contributed by atoms with van der Waals surface area (Å²) >= 11 is 1.58. The molecule has 2 aliphatic rings. The van der Waals surface area contributed by atoms with Crippen LogP contribution >= 0.6 is 11.8 Å².